The molecule has 0 aliphatic carbocycles. The second kappa shape index (κ2) is 10.1. The second-order valence-electron chi connectivity index (χ2n) is 5.47. The van der Waals surface area contributed by atoms with Gasteiger partial charge < -0.3 is 9.47 Å². The lowest BCUT2D eigenvalue weighted by Crippen LogP contribution is -2.25. The van der Waals surface area contributed by atoms with E-state index in [9.17, 15) is 0 Å². The highest BCUT2D eigenvalue weighted by Crippen LogP contribution is 2.33. The third kappa shape index (κ3) is 9.17. The van der Waals surface area contributed by atoms with E-state index in [1.807, 2.05) is 0 Å². The van der Waals surface area contributed by atoms with Gasteiger partial charge in [0.15, 0.2) is 0 Å². The summed E-state index contributed by atoms with van der Waals surface area (Å²) in [6.07, 6.45) is 0.993. The molecule has 0 heterocycles. The van der Waals surface area contributed by atoms with E-state index in [4.69, 9.17) is 9.47 Å². The minimum absolute atomic E-state index is 0.500. The van der Waals surface area contributed by atoms with Crippen LogP contribution in [-0.4, -0.2) is 27.4 Å². The summed E-state index contributed by atoms with van der Waals surface area (Å²) >= 11 is 0. The molecule has 100 valence electrons. The van der Waals surface area contributed by atoms with Gasteiger partial charge in [0, 0.05) is 27.4 Å². The molecule has 0 fully saturated rings. The Hall–Kier alpha value is -0.0800. The Morgan fingerprint density at radius 1 is 0.812 bits per heavy atom. The summed E-state index contributed by atoms with van der Waals surface area (Å²) in [5, 5.41) is 0. The Morgan fingerprint density at radius 2 is 1.12 bits per heavy atom. The van der Waals surface area contributed by atoms with Crippen molar-refractivity contribution in [2.45, 2.75) is 48.0 Å². The molecule has 2 heteroatoms. The van der Waals surface area contributed by atoms with Gasteiger partial charge in [-0.2, -0.15) is 0 Å². The van der Waals surface area contributed by atoms with Gasteiger partial charge >= 0.3 is 0 Å². The van der Waals surface area contributed by atoms with Crippen LogP contribution in [0, 0.1) is 17.3 Å². The molecule has 0 aromatic heterocycles. The van der Waals surface area contributed by atoms with Gasteiger partial charge in [0.1, 0.15) is 0 Å². The zero-order valence-electron chi connectivity index (χ0n) is 12.6. The van der Waals surface area contributed by atoms with Crippen molar-refractivity contribution in [2.75, 3.05) is 27.4 Å². The number of hydrogen-bond donors (Lipinski definition) is 0. The average molecular weight is 232 g/mol. The standard InChI is InChI=1S/C9H20.C5H12O2/c1-7(2)9(5,6)8(3)4;1-6-4-3-5-7-2/h7-8H,1-6H3;3-5H2,1-2H3. The lowest BCUT2D eigenvalue weighted by Gasteiger charge is -2.33. The molecule has 0 saturated heterocycles. The largest absolute Gasteiger partial charge is 0.385 e. The van der Waals surface area contributed by atoms with E-state index in [0.29, 0.717) is 5.41 Å². The average Bonchev–Trinajstić information content (AvgIpc) is 2.19. The highest BCUT2D eigenvalue weighted by Gasteiger charge is 2.25. The van der Waals surface area contributed by atoms with Crippen LogP contribution in [0.3, 0.4) is 0 Å². The summed E-state index contributed by atoms with van der Waals surface area (Å²) in [4.78, 5) is 0. The predicted molar refractivity (Wildman–Crippen MR) is 71.8 cm³/mol. The molecule has 2 nitrogen and oxygen atoms in total. The fourth-order valence-electron chi connectivity index (χ4n) is 1.01. The summed E-state index contributed by atoms with van der Waals surface area (Å²) in [6.45, 7) is 15.4. The quantitative estimate of drug-likeness (QED) is 0.645. The Morgan fingerprint density at radius 3 is 1.25 bits per heavy atom. The fourth-order valence-corrected chi connectivity index (χ4v) is 1.01. The molecule has 0 aromatic carbocycles. The Labute approximate surface area is 103 Å². The first-order valence-electron chi connectivity index (χ1n) is 6.28. The van der Waals surface area contributed by atoms with Crippen molar-refractivity contribution in [3.63, 3.8) is 0 Å². The SMILES string of the molecule is CC(C)C(C)(C)C(C)C.COCCCOC. The van der Waals surface area contributed by atoms with Crippen molar-refractivity contribution in [1.82, 2.24) is 0 Å². The zero-order valence-corrected chi connectivity index (χ0v) is 12.6. The minimum Gasteiger partial charge on any atom is -0.385 e. The molecule has 0 N–H and O–H groups in total. The maximum atomic E-state index is 4.76. The van der Waals surface area contributed by atoms with E-state index in [2.05, 4.69) is 41.5 Å². The van der Waals surface area contributed by atoms with E-state index in [1.54, 1.807) is 14.2 Å². The topological polar surface area (TPSA) is 18.5 Å². The van der Waals surface area contributed by atoms with Gasteiger partial charge in [-0.3, -0.25) is 0 Å². The van der Waals surface area contributed by atoms with Crippen molar-refractivity contribution in [1.29, 1.82) is 0 Å². The lowest BCUT2D eigenvalue weighted by molar-refractivity contribution is 0.138. The number of hydrogen-bond acceptors (Lipinski definition) is 2. The van der Waals surface area contributed by atoms with Crippen LogP contribution in [0.1, 0.15) is 48.0 Å². The third-order valence-corrected chi connectivity index (χ3v) is 3.67. The van der Waals surface area contributed by atoms with Crippen LogP contribution in [0.4, 0.5) is 0 Å². The summed E-state index contributed by atoms with van der Waals surface area (Å²) in [5.41, 5.74) is 0.500. The molecule has 0 aliphatic heterocycles. The maximum Gasteiger partial charge on any atom is 0.0484 e. The predicted octanol–water partition coefficient (Wildman–Crippen LogP) is 3.99. The molecule has 0 atom stereocenters. The first kappa shape index (κ1) is 18.3. The molecule has 0 amide bonds. The minimum atomic E-state index is 0.500. The van der Waals surface area contributed by atoms with Crippen molar-refractivity contribution in [3.05, 3.63) is 0 Å². The van der Waals surface area contributed by atoms with E-state index in [1.165, 1.54) is 0 Å². The van der Waals surface area contributed by atoms with Crippen molar-refractivity contribution < 1.29 is 9.47 Å². The summed E-state index contributed by atoms with van der Waals surface area (Å²) in [7, 11) is 3.38. The van der Waals surface area contributed by atoms with Crippen LogP contribution in [0.15, 0.2) is 0 Å². The molecule has 0 unspecified atom stereocenters. The highest BCUT2D eigenvalue weighted by atomic mass is 16.5. The van der Waals surface area contributed by atoms with E-state index >= 15 is 0 Å². The van der Waals surface area contributed by atoms with Gasteiger partial charge in [0.25, 0.3) is 0 Å². The van der Waals surface area contributed by atoms with Crippen LogP contribution < -0.4 is 0 Å². The summed E-state index contributed by atoms with van der Waals surface area (Å²) in [5.74, 6) is 1.58. The molecule has 0 rings (SSSR count). The summed E-state index contributed by atoms with van der Waals surface area (Å²) < 4.78 is 9.53. The number of rotatable bonds is 6. The van der Waals surface area contributed by atoms with E-state index in [0.717, 1.165) is 31.5 Å². The van der Waals surface area contributed by atoms with Crippen molar-refractivity contribution in [3.8, 4) is 0 Å². The molecule has 0 bridgehead atoms. The molecule has 0 spiro atoms. The van der Waals surface area contributed by atoms with Gasteiger partial charge in [0.2, 0.25) is 0 Å². The number of methoxy groups -OCH3 is 2. The van der Waals surface area contributed by atoms with Crippen LogP contribution in [-0.2, 0) is 9.47 Å². The van der Waals surface area contributed by atoms with Crippen molar-refractivity contribution >= 4 is 0 Å². The van der Waals surface area contributed by atoms with Crippen LogP contribution >= 0.6 is 0 Å². The van der Waals surface area contributed by atoms with Gasteiger partial charge in [0.05, 0.1) is 0 Å². The normalized spacial score (nSPS) is 11.6. The molecule has 16 heavy (non-hydrogen) atoms. The van der Waals surface area contributed by atoms with Crippen LogP contribution in [0.2, 0.25) is 0 Å². The molecular weight excluding hydrogens is 200 g/mol. The molecular formula is C14H32O2. The van der Waals surface area contributed by atoms with E-state index in [-0.39, 0.29) is 0 Å². The Kier molecular flexibility index (Phi) is 11.5. The van der Waals surface area contributed by atoms with Crippen LogP contribution in [0.5, 0.6) is 0 Å². The highest BCUT2D eigenvalue weighted by molar-refractivity contribution is 4.75. The first-order valence-corrected chi connectivity index (χ1v) is 6.28. The molecule has 0 radical (unpaired) electrons. The maximum absolute atomic E-state index is 4.76. The monoisotopic (exact) mass is 232 g/mol. The number of ether oxygens (including phenoxy) is 2. The van der Waals surface area contributed by atoms with Gasteiger partial charge in [-0.15, -0.1) is 0 Å². The van der Waals surface area contributed by atoms with E-state index < -0.39 is 0 Å². The Balaban J connectivity index is 0. The van der Waals surface area contributed by atoms with Crippen LogP contribution in [0.25, 0.3) is 0 Å². The fraction of sp³-hybridized carbons (Fsp3) is 1.00. The lowest BCUT2D eigenvalue weighted by atomic mass is 9.72. The smallest absolute Gasteiger partial charge is 0.0484 e. The first-order chi connectivity index (χ1) is 7.30. The van der Waals surface area contributed by atoms with Gasteiger partial charge in [-0.1, -0.05) is 41.5 Å². The Bertz CT molecular complexity index is 126. The molecule has 0 aliphatic rings. The zero-order chi connectivity index (χ0) is 13.2. The van der Waals surface area contributed by atoms with Gasteiger partial charge in [-0.05, 0) is 23.7 Å². The second-order valence-corrected chi connectivity index (χ2v) is 5.47. The van der Waals surface area contributed by atoms with Crippen molar-refractivity contribution in [2.24, 2.45) is 17.3 Å². The van der Waals surface area contributed by atoms with Gasteiger partial charge in [-0.25, -0.2) is 0 Å². The molecule has 0 saturated carbocycles. The summed E-state index contributed by atoms with van der Waals surface area (Å²) in [6, 6.07) is 0. The third-order valence-electron chi connectivity index (χ3n) is 3.67. The molecule has 0 aromatic rings.